The van der Waals surface area contributed by atoms with Gasteiger partial charge in [0.15, 0.2) is 0 Å². The van der Waals surface area contributed by atoms with Crippen molar-refractivity contribution in [2.75, 3.05) is 0 Å². The van der Waals surface area contributed by atoms with Gasteiger partial charge in [-0.05, 0) is 39.1 Å². The number of nitrogens with zero attached hydrogens (tertiary/aromatic N) is 2. The van der Waals surface area contributed by atoms with Crippen LogP contribution in [-0.4, -0.2) is 26.5 Å². The van der Waals surface area contributed by atoms with Crippen LogP contribution < -0.4 is 0 Å². The highest BCUT2D eigenvalue weighted by Gasteiger charge is 2.46. The minimum atomic E-state index is -0.282. The number of benzene rings is 1. The smallest absolute Gasteiger partial charge is 0.273 e. The van der Waals surface area contributed by atoms with Crippen molar-refractivity contribution >= 4 is 17.2 Å². The summed E-state index contributed by atoms with van der Waals surface area (Å²) < 4.78 is 0. The Labute approximate surface area is 151 Å². The van der Waals surface area contributed by atoms with Crippen molar-refractivity contribution in [3.63, 3.8) is 0 Å². The number of aromatic nitrogens is 2. The lowest BCUT2D eigenvalue weighted by atomic mass is 9.97. The highest BCUT2D eigenvalue weighted by Crippen LogP contribution is 2.46. The molecule has 25 heavy (non-hydrogen) atoms. The summed E-state index contributed by atoms with van der Waals surface area (Å²) in [4.78, 5) is 16.2. The lowest BCUT2D eigenvalue weighted by Crippen LogP contribution is -2.44. The van der Waals surface area contributed by atoms with Crippen molar-refractivity contribution in [1.82, 2.24) is 15.1 Å². The molecule has 0 radical (unpaired) electrons. The first-order valence-corrected chi connectivity index (χ1v) is 9.28. The van der Waals surface area contributed by atoms with E-state index in [1.54, 1.807) is 11.3 Å². The van der Waals surface area contributed by atoms with Crippen LogP contribution in [0.2, 0.25) is 0 Å². The van der Waals surface area contributed by atoms with E-state index in [4.69, 9.17) is 0 Å². The molecular formula is C20H21N3OS. The summed E-state index contributed by atoms with van der Waals surface area (Å²) in [5.41, 5.74) is 4.44. The molecule has 3 aromatic rings. The molecule has 1 N–H and O–H groups in total. The number of aryl methyl sites for hydroxylation is 1. The first-order chi connectivity index (χ1) is 11.9. The van der Waals surface area contributed by atoms with Crippen molar-refractivity contribution < 1.29 is 4.79 Å². The number of rotatable bonds is 2. The Hall–Kier alpha value is -2.40. The fraction of sp³-hybridized carbons (Fsp3) is 0.300. The predicted molar refractivity (Wildman–Crippen MR) is 101 cm³/mol. The van der Waals surface area contributed by atoms with Gasteiger partial charge in [-0.15, -0.1) is 11.3 Å². The molecule has 2 aromatic heterocycles. The molecule has 0 spiro atoms. The molecule has 1 amide bonds. The molecule has 1 atom stereocenters. The average molecular weight is 351 g/mol. The molecule has 0 saturated carbocycles. The Morgan fingerprint density at radius 1 is 1.16 bits per heavy atom. The van der Waals surface area contributed by atoms with Gasteiger partial charge in [-0.2, -0.15) is 5.10 Å². The van der Waals surface area contributed by atoms with Crippen molar-refractivity contribution in [3.05, 3.63) is 63.5 Å². The Morgan fingerprint density at radius 2 is 1.88 bits per heavy atom. The SMILES string of the molecule is Cc1ccc(-c2n[nH]c3c2C(c2cccs2)N(C(C)(C)C)C3=O)cc1. The summed E-state index contributed by atoms with van der Waals surface area (Å²) in [5, 5.41) is 9.56. The number of thiophene rings is 1. The summed E-state index contributed by atoms with van der Waals surface area (Å²) >= 11 is 1.68. The van der Waals surface area contributed by atoms with Gasteiger partial charge in [-0.1, -0.05) is 35.9 Å². The number of hydrogen-bond acceptors (Lipinski definition) is 3. The first kappa shape index (κ1) is 16.1. The van der Waals surface area contributed by atoms with E-state index in [1.165, 1.54) is 5.56 Å². The van der Waals surface area contributed by atoms with E-state index in [9.17, 15) is 4.79 Å². The molecule has 4 nitrogen and oxygen atoms in total. The molecule has 5 heteroatoms. The zero-order chi connectivity index (χ0) is 17.8. The van der Waals surface area contributed by atoms with E-state index in [0.717, 1.165) is 21.7 Å². The lowest BCUT2D eigenvalue weighted by molar-refractivity contribution is 0.0550. The molecule has 0 saturated heterocycles. The number of fused-ring (bicyclic) bond motifs is 1. The van der Waals surface area contributed by atoms with E-state index in [0.29, 0.717) is 5.69 Å². The number of carbonyl (C=O) groups is 1. The third-order valence-corrected chi connectivity index (χ3v) is 5.55. The van der Waals surface area contributed by atoms with Crippen LogP contribution in [0.15, 0.2) is 41.8 Å². The standard InChI is InChI=1S/C20H21N3OS/c1-12-7-9-13(10-8-12)16-15-17(22-21-16)19(24)23(20(2,3)4)18(15)14-6-5-11-25-14/h5-11,18H,1-4H3,(H,21,22). The largest absolute Gasteiger partial charge is 0.320 e. The van der Waals surface area contributed by atoms with Crippen LogP contribution in [0.25, 0.3) is 11.3 Å². The maximum atomic E-state index is 13.1. The van der Waals surface area contributed by atoms with E-state index < -0.39 is 0 Å². The molecular weight excluding hydrogens is 330 g/mol. The summed E-state index contributed by atoms with van der Waals surface area (Å²) in [7, 11) is 0. The minimum absolute atomic E-state index is 0.0201. The van der Waals surface area contributed by atoms with Gasteiger partial charge >= 0.3 is 0 Å². The number of aromatic amines is 1. The Morgan fingerprint density at radius 3 is 2.48 bits per heavy atom. The second-order valence-corrected chi connectivity index (χ2v) is 8.47. The van der Waals surface area contributed by atoms with Crippen LogP contribution in [0.5, 0.6) is 0 Å². The summed E-state index contributed by atoms with van der Waals surface area (Å²) in [5.74, 6) is 0.0201. The maximum Gasteiger partial charge on any atom is 0.273 e. The van der Waals surface area contributed by atoms with Gasteiger partial charge in [0.2, 0.25) is 0 Å². The number of hydrogen-bond donors (Lipinski definition) is 1. The van der Waals surface area contributed by atoms with E-state index >= 15 is 0 Å². The van der Waals surface area contributed by atoms with Crippen LogP contribution in [-0.2, 0) is 0 Å². The molecule has 0 aliphatic carbocycles. The quantitative estimate of drug-likeness (QED) is 0.721. The molecule has 1 aliphatic heterocycles. The lowest BCUT2D eigenvalue weighted by Gasteiger charge is -2.37. The molecule has 128 valence electrons. The Bertz CT molecular complexity index is 917. The van der Waals surface area contributed by atoms with Crippen molar-refractivity contribution in [3.8, 4) is 11.3 Å². The highest BCUT2D eigenvalue weighted by molar-refractivity contribution is 7.10. The molecule has 4 rings (SSSR count). The van der Waals surface area contributed by atoms with E-state index in [1.807, 2.05) is 11.0 Å². The zero-order valence-electron chi connectivity index (χ0n) is 14.8. The number of H-pyrrole nitrogens is 1. The van der Waals surface area contributed by atoms with Crippen molar-refractivity contribution in [2.24, 2.45) is 0 Å². The minimum Gasteiger partial charge on any atom is -0.320 e. The van der Waals surface area contributed by atoms with Gasteiger partial charge in [0.25, 0.3) is 5.91 Å². The second-order valence-electron chi connectivity index (χ2n) is 7.49. The van der Waals surface area contributed by atoms with Gasteiger partial charge in [-0.3, -0.25) is 9.89 Å². The maximum absolute atomic E-state index is 13.1. The van der Waals surface area contributed by atoms with Gasteiger partial charge < -0.3 is 4.90 Å². The zero-order valence-corrected chi connectivity index (χ0v) is 15.6. The number of nitrogens with one attached hydrogen (secondary N) is 1. The molecule has 1 unspecified atom stereocenters. The third-order valence-electron chi connectivity index (χ3n) is 4.63. The Balaban J connectivity index is 1.92. The van der Waals surface area contributed by atoms with Gasteiger partial charge in [0, 0.05) is 21.5 Å². The van der Waals surface area contributed by atoms with Gasteiger partial charge in [-0.25, -0.2) is 0 Å². The third kappa shape index (κ3) is 2.50. The van der Waals surface area contributed by atoms with Crippen molar-refractivity contribution in [2.45, 2.75) is 39.3 Å². The average Bonchev–Trinajstić information content (AvgIpc) is 3.25. The topological polar surface area (TPSA) is 49.0 Å². The molecule has 0 fully saturated rings. The summed E-state index contributed by atoms with van der Waals surface area (Å²) in [6.07, 6.45) is 0. The predicted octanol–water partition coefficient (Wildman–Crippen LogP) is 4.79. The van der Waals surface area contributed by atoms with Crippen LogP contribution in [0.1, 0.15) is 53.3 Å². The van der Waals surface area contributed by atoms with Crippen LogP contribution in [0, 0.1) is 6.92 Å². The van der Waals surface area contributed by atoms with Crippen molar-refractivity contribution in [1.29, 1.82) is 0 Å². The molecule has 1 aliphatic rings. The van der Waals surface area contributed by atoms with E-state index in [2.05, 4.69) is 73.6 Å². The summed E-state index contributed by atoms with van der Waals surface area (Å²) in [6.45, 7) is 8.31. The van der Waals surface area contributed by atoms with E-state index in [-0.39, 0.29) is 17.5 Å². The van der Waals surface area contributed by atoms with Gasteiger partial charge in [0.1, 0.15) is 5.69 Å². The monoisotopic (exact) mass is 351 g/mol. The van der Waals surface area contributed by atoms with Crippen LogP contribution in [0.4, 0.5) is 0 Å². The first-order valence-electron chi connectivity index (χ1n) is 8.40. The second kappa shape index (κ2) is 5.56. The fourth-order valence-electron chi connectivity index (χ4n) is 3.49. The number of carbonyl (C=O) groups excluding carboxylic acids is 1. The fourth-order valence-corrected chi connectivity index (χ4v) is 4.31. The molecule has 0 bridgehead atoms. The molecule has 1 aromatic carbocycles. The van der Waals surface area contributed by atoms with Gasteiger partial charge in [0.05, 0.1) is 11.7 Å². The normalized spacial score (nSPS) is 17.2. The number of amides is 1. The highest BCUT2D eigenvalue weighted by atomic mass is 32.1. The Kier molecular flexibility index (Phi) is 3.58. The summed E-state index contributed by atoms with van der Waals surface area (Å²) in [6, 6.07) is 12.3. The molecule has 3 heterocycles. The van der Waals surface area contributed by atoms with Crippen LogP contribution in [0.3, 0.4) is 0 Å². The van der Waals surface area contributed by atoms with Crippen LogP contribution >= 0.6 is 11.3 Å².